The molecule has 0 fully saturated rings. The number of aliphatic hydroxyl groups excluding tert-OH is 1. The van der Waals surface area contributed by atoms with Crippen molar-refractivity contribution in [1.29, 1.82) is 0 Å². The molecule has 1 heterocycles. The van der Waals surface area contributed by atoms with E-state index in [0.29, 0.717) is 18.7 Å². The zero-order chi connectivity index (χ0) is 11.3. The molecule has 0 saturated carbocycles. The average Bonchev–Trinajstić information content (AvgIpc) is 2.63. The van der Waals surface area contributed by atoms with Gasteiger partial charge in [-0.2, -0.15) is 0 Å². The molecule has 1 aromatic heterocycles. The summed E-state index contributed by atoms with van der Waals surface area (Å²) in [6, 6.07) is 1.66. The van der Waals surface area contributed by atoms with Gasteiger partial charge in [0.2, 0.25) is 0 Å². The zero-order valence-corrected chi connectivity index (χ0v) is 8.56. The average molecular weight is 213 g/mol. The van der Waals surface area contributed by atoms with Gasteiger partial charge in [-0.1, -0.05) is 0 Å². The molecule has 0 radical (unpaired) electrons. The Morgan fingerprint density at radius 3 is 2.93 bits per heavy atom. The van der Waals surface area contributed by atoms with Gasteiger partial charge in [0.15, 0.2) is 0 Å². The molecule has 1 aromatic rings. The van der Waals surface area contributed by atoms with Crippen molar-refractivity contribution in [2.45, 2.75) is 25.9 Å². The molecule has 1 atom stereocenters. The topological polar surface area (TPSA) is 82.7 Å². The number of rotatable bonds is 6. The highest BCUT2D eigenvalue weighted by Crippen LogP contribution is 2.07. The summed E-state index contributed by atoms with van der Waals surface area (Å²) in [7, 11) is 0. The van der Waals surface area contributed by atoms with Crippen molar-refractivity contribution in [2.24, 2.45) is 0 Å². The van der Waals surface area contributed by atoms with E-state index in [4.69, 9.17) is 14.6 Å². The molecule has 0 amide bonds. The molecule has 0 aliphatic heterocycles. The first-order valence-corrected chi connectivity index (χ1v) is 4.78. The predicted molar refractivity (Wildman–Crippen MR) is 53.7 cm³/mol. The molecule has 0 aliphatic carbocycles. The Morgan fingerprint density at radius 2 is 2.40 bits per heavy atom. The quantitative estimate of drug-likeness (QED) is 0.652. The Bertz CT molecular complexity index is 321. The van der Waals surface area contributed by atoms with E-state index in [1.807, 2.05) is 6.92 Å². The van der Waals surface area contributed by atoms with Crippen LogP contribution in [0.25, 0.3) is 0 Å². The maximum atomic E-state index is 10.5. The van der Waals surface area contributed by atoms with Crippen molar-refractivity contribution in [3.63, 3.8) is 0 Å². The molecule has 0 aromatic carbocycles. The molecule has 0 bridgehead atoms. The minimum absolute atomic E-state index is 0.132. The van der Waals surface area contributed by atoms with E-state index in [9.17, 15) is 4.79 Å². The van der Waals surface area contributed by atoms with Crippen LogP contribution in [0.15, 0.2) is 16.7 Å². The molecule has 15 heavy (non-hydrogen) atoms. The Kier molecular flexibility index (Phi) is 4.33. The van der Waals surface area contributed by atoms with E-state index in [1.165, 1.54) is 12.3 Å². The van der Waals surface area contributed by atoms with Crippen LogP contribution in [0.3, 0.4) is 0 Å². The number of aromatic carboxylic acids is 1. The predicted octanol–water partition coefficient (Wildman–Crippen LogP) is 0.838. The molecule has 1 unspecified atom stereocenters. The fourth-order valence-corrected chi connectivity index (χ4v) is 1.16. The molecule has 0 saturated heterocycles. The maximum Gasteiger partial charge on any atom is 0.338 e. The molecule has 5 heteroatoms. The van der Waals surface area contributed by atoms with Gasteiger partial charge in [-0.25, -0.2) is 4.79 Å². The van der Waals surface area contributed by atoms with Crippen LogP contribution in [0.1, 0.15) is 29.5 Å². The molecule has 3 N–H and O–H groups in total. The summed E-state index contributed by atoms with van der Waals surface area (Å²) in [4.78, 5) is 10.5. The fourth-order valence-electron chi connectivity index (χ4n) is 1.16. The zero-order valence-electron chi connectivity index (χ0n) is 8.56. The highest BCUT2D eigenvalue weighted by molar-refractivity contribution is 5.87. The number of hydrogen-bond acceptors (Lipinski definition) is 4. The van der Waals surface area contributed by atoms with Crippen LogP contribution in [-0.4, -0.2) is 28.8 Å². The van der Waals surface area contributed by atoms with Gasteiger partial charge in [0.1, 0.15) is 12.0 Å². The van der Waals surface area contributed by atoms with Crippen LogP contribution >= 0.6 is 0 Å². The summed E-state index contributed by atoms with van der Waals surface area (Å²) in [5, 5.41) is 20.4. The first-order chi connectivity index (χ1) is 7.13. The second kappa shape index (κ2) is 5.53. The lowest BCUT2D eigenvalue weighted by molar-refractivity contribution is 0.0696. The van der Waals surface area contributed by atoms with Gasteiger partial charge in [0, 0.05) is 12.6 Å². The molecule has 0 aliphatic rings. The third-order valence-electron chi connectivity index (χ3n) is 2.09. The Labute approximate surface area is 87.7 Å². The lowest BCUT2D eigenvalue weighted by Crippen LogP contribution is -2.26. The third kappa shape index (κ3) is 3.73. The van der Waals surface area contributed by atoms with Crippen LogP contribution < -0.4 is 5.32 Å². The minimum atomic E-state index is -0.992. The fraction of sp³-hybridized carbons (Fsp3) is 0.500. The van der Waals surface area contributed by atoms with Gasteiger partial charge in [-0.05, 0) is 19.4 Å². The van der Waals surface area contributed by atoms with E-state index in [1.54, 1.807) is 0 Å². The number of aliphatic hydroxyl groups is 1. The lowest BCUT2D eigenvalue weighted by Gasteiger charge is -2.10. The summed E-state index contributed by atoms with van der Waals surface area (Å²) >= 11 is 0. The molecule has 5 nitrogen and oxygen atoms in total. The first-order valence-electron chi connectivity index (χ1n) is 4.78. The third-order valence-corrected chi connectivity index (χ3v) is 2.09. The van der Waals surface area contributed by atoms with Gasteiger partial charge in [0.05, 0.1) is 12.1 Å². The van der Waals surface area contributed by atoms with Crippen molar-refractivity contribution in [1.82, 2.24) is 5.32 Å². The Hall–Kier alpha value is -1.33. The molecule has 0 spiro atoms. The summed E-state index contributed by atoms with van der Waals surface area (Å²) < 4.78 is 5.05. The second-order valence-corrected chi connectivity index (χ2v) is 3.40. The van der Waals surface area contributed by atoms with Gasteiger partial charge < -0.3 is 19.9 Å². The summed E-state index contributed by atoms with van der Waals surface area (Å²) in [5.74, 6) is -0.411. The summed E-state index contributed by atoms with van der Waals surface area (Å²) in [6.45, 7) is 2.54. The van der Waals surface area contributed by atoms with E-state index in [-0.39, 0.29) is 18.2 Å². The molecular weight excluding hydrogens is 198 g/mol. The van der Waals surface area contributed by atoms with Gasteiger partial charge >= 0.3 is 5.97 Å². The SMILES string of the molecule is CC(CCO)NCc1cc(C(=O)O)co1. The van der Waals surface area contributed by atoms with E-state index >= 15 is 0 Å². The van der Waals surface area contributed by atoms with Crippen molar-refractivity contribution in [3.05, 3.63) is 23.7 Å². The second-order valence-electron chi connectivity index (χ2n) is 3.40. The smallest absolute Gasteiger partial charge is 0.338 e. The van der Waals surface area contributed by atoms with E-state index in [0.717, 1.165) is 0 Å². The van der Waals surface area contributed by atoms with Crippen LogP contribution in [0.2, 0.25) is 0 Å². The normalized spacial score (nSPS) is 12.7. The highest BCUT2D eigenvalue weighted by Gasteiger charge is 2.08. The number of hydrogen-bond donors (Lipinski definition) is 3. The highest BCUT2D eigenvalue weighted by atomic mass is 16.4. The van der Waals surface area contributed by atoms with Crippen molar-refractivity contribution in [2.75, 3.05) is 6.61 Å². The minimum Gasteiger partial charge on any atom is -0.478 e. The summed E-state index contributed by atoms with van der Waals surface area (Å²) in [5.41, 5.74) is 0.154. The molecule has 1 rings (SSSR count). The summed E-state index contributed by atoms with van der Waals surface area (Å²) in [6.07, 6.45) is 1.88. The number of furan rings is 1. The first kappa shape index (κ1) is 11.7. The van der Waals surface area contributed by atoms with Crippen LogP contribution in [0, 0.1) is 0 Å². The maximum absolute atomic E-state index is 10.5. The van der Waals surface area contributed by atoms with Gasteiger partial charge in [-0.15, -0.1) is 0 Å². The lowest BCUT2D eigenvalue weighted by atomic mass is 10.2. The number of carbonyl (C=O) groups is 1. The van der Waals surface area contributed by atoms with Crippen LogP contribution in [0.4, 0.5) is 0 Å². The monoisotopic (exact) mass is 213 g/mol. The number of carboxylic acids is 1. The molecular formula is C10H15NO4. The largest absolute Gasteiger partial charge is 0.478 e. The van der Waals surface area contributed by atoms with Gasteiger partial charge in [0.25, 0.3) is 0 Å². The van der Waals surface area contributed by atoms with Crippen LogP contribution in [0.5, 0.6) is 0 Å². The molecule has 84 valence electrons. The Morgan fingerprint density at radius 1 is 1.67 bits per heavy atom. The van der Waals surface area contributed by atoms with Gasteiger partial charge in [-0.3, -0.25) is 0 Å². The van der Waals surface area contributed by atoms with Crippen molar-refractivity contribution in [3.8, 4) is 0 Å². The number of carboxylic acid groups (broad SMARTS) is 1. The van der Waals surface area contributed by atoms with Crippen molar-refractivity contribution >= 4 is 5.97 Å². The Balaban J connectivity index is 2.40. The van der Waals surface area contributed by atoms with E-state index < -0.39 is 5.97 Å². The van der Waals surface area contributed by atoms with Crippen LogP contribution in [-0.2, 0) is 6.54 Å². The van der Waals surface area contributed by atoms with Crippen molar-refractivity contribution < 1.29 is 19.4 Å². The number of nitrogens with one attached hydrogen (secondary N) is 1. The van der Waals surface area contributed by atoms with E-state index in [2.05, 4.69) is 5.32 Å². The standard InChI is InChI=1S/C10H15NO4/c1-7(2-3-12)11-5-9-4-8(6-15-9)10(13)14/h4,6-7,11-12H,2-3,5H2,1H3,(H,13,14).